The molecule has 1 aromatic rings. The number of aromatic hydroxyl groups is 1. The van der Waals surface area contributed by atoms with Crippen LogP contribution in [-0.4, -0.2) is 35.4 Å². The van der Waals surface area contributed by atoms with Crippen LogP contribution in [0.25, 0.3) is 0 Å². The maximum absolute atomic E-state index is 11.8. The van der Waals surface area contributed by atoms with Gasteiger partial charge in [-0.05, 0) is 24.6 Å². The van der Waals surface area contributed by atoms with Gasteiger partial charge in [-0.15, -0.1) is 11.6 Å². The first-order chi connectivity index (χ1) is 7.06. The summed E-state index contributed by atoms with van der Waals surface area (Å²) in [6.07, 6.45) is 0. The number of carbonyl (C=O) groups excluding carboxylic acids is 1. The van der Waals surface area contributed by atoms with E-state index in [1.54, 1.807) is 26.1 Å². The monoisotopic (exact) mass is 227 g/mol. The molecule has 0 fully saturated rings. The largest absolute Gasteiger partial charge is 0.508 e. The molecule has 1 aromatic carbocycles. The van der Waals surface area contributed by atoms with Crippen molar-refractivity contribution in [2.75, 3.05) is 19.5 Å². The molecule has 0 radical (unpaired) electrons. The van der Waals surface area contributed by atoms with Crippen LogP contribution in [-0.2, 0) is 0 Å². The molecule has 0 aliphatic carbocycles. The second kappa shape index (κ2) is 5.03. The van der Waals surface area contributed by atoms with Gasteiger partial charge in [0.25, 0.3) is 5.91 Å². The summed E-state index contributed by atoms with van der Waals surface area (Å²) in [5, 5.41) is 9.46. The van der Waals surface area contributed by atoms with Gasteiger partial charge >= 0.3 is 0 Å². The fourth-order valence-electron chi connectivity index (χ4n) is 1.19. The van der Waals surface area contributed by atoms with Crippen molar-refractivity contribution in [1.82, 2.24) is 4.90 Å². The molecule has 15 heavy (non-hydrogen) atoms. The number of amides is 1. The summed E-state index contributed by atoms with van der Waals surface area (Å²) in [6, 6.07) is 4.89. The second-order valence-corrected chi connectivity index (χ2v) is 3.79. The quantitative estimate of drug-likeness (QED) is 0.803. The molecule has 0 aromatic heterocycles. The first kappa shape index (κ1) is 11.9. The number of aryl methyl sites for hydroxylation is 1. The number of hydrogen-bond acceptors (Lipinski definition) is 2. The highest BCUT2D eigenvalue weighted by molar-refractivity contribution is 6.18. The summed E-state index contributed by atoms with van der Waals surface area (Å²) in [4.78, 5) is 13.3. The first-order valence-electron chi connectivity index (χ1n) is 4.67. The van der Waals surface area contributed by atoms with Crippen molar-refractivity contribution in [3.05, 3.63) is 29.3 Å². The Kier molecular flexibility index (Phi) is 3.97. The van der Waals surface area contributed by atoms with E-state index in [0.717, 1.165) is 5.56 Å². The van der Waals surface area contributed by atoms with Crippen molar-refractivity contribution in [3.8, 4) is 5.75 Å². The number of alkyl halides is 1. The number of phenols is 1. The molecule has 3 nitrogen and oxygen atoms in total. The normalized spacial score (nSPS) is 10.1. The van der Waals surface area contributed by atoms with E-state index in [9.17, 15) is 9.90 Å². The Morgan fingerprint density at radius 2 is 2.20 bits per heavy atom. The number of benzene rings is 1. The van der Waals surface area contributed by atoms with Gasteiger partial charge in [0.2, 0.25) is 0 Å². The van der Waals surface area contributed by atoms with Crippen LogP contribution in [0.1, 0.15) is 15.9 Å². The van der Waals surface area contributed by atoms with Crippen molar-refractivity contribution in [1.29, 1.82) is 0 Å². The number of hydrogen-bond donors (Lipinski definition) is 1. The van der Waals surface area contributed by atoms with Crippen molar-refractivity contribution < 1.29 is 9.90 Å². The minimum atomic E-state index is -0.133. The molecule has 0 atom stereocenters. The third kappa shape index (κ3) is 2.86. The molecule has 0 aliphatic heterocycles. The van der Waals surface area contributed by atoms with Gasteiger partial charge in [0, 0.05) is 25.0 Å². The van der Waals surface area contributed by atoms with Crippen LogP contribution in [0.15, 0.2) is 18.2 Å². The predicted octanol–water partition coefficient (Wildman–Crippen LogP) is 2.01. The van der Waals surface area contributed by atoms with Crippen molar-refractivity contribution >= 4 is 17.5 Å². The fraction of sp³-hybridized carbons (Fsp3) is 0.364. The molecule has 0 aliphatic rings. The van der Waals surface area contributed by atoms with E-state index in [1.165, 1.54) is 11.0 Å². The van der Waals surface area contributed by atoms with E-state index >= 15 is 0 Å². The Bertz CT molecular complexity index is 366. The summed E-state index contributed by atoms with van der Waals surface area (Å²) in [7, 11) is 1.68. The lowest BCUT2D eigenvalue weighted by atomic mass is 10.1. The van der Waals surface area contributed by atoms with Crippen LogP contribution in [0.2, 0.25) is 0 Å². The summed E-state index contributed by atoms with van der Waals surface area (Å²) in [6.45, 7) is 2.28. The Morgan fingerprint density at radius 1 is 1.53 bits per heavy atom. The molecule has 1 amide bonds. The van der Waals surface area contributed by atoms with Crippen LogP contribution in [0.4, 0.5) is 0 Å². The average Bonchev–Trinajstić information content (AvgIpc) is 2.21. The first-order valence-corrected chi connectivity index (χ1v) is 5.20. The van der Waals surface area contributed by atoms with Gasteiger partial charge in [0.05, 0.1) is 0 Å². The summed E-state index contributed by atoms with van der Waals surface area (Å²) >= 11 is 5.54. The Hall–Kier alpha value is -1.22. The van der Waals surface area contributed by atoms with E-state index < -0.39 is 0 Å². The molecular weight excluding hydrogens is 214 g/mol. The molecule has 4 heteroatoms. The molecule has 82 valence electrons. The number of carbonyl (C=O) groups is 1. The zero-order valence-corrected chi connectivity index (χ0v) is 9.58. The smallest absolute Gasteiger partial charge is 0.253 e. The van der Waals surface area contributed by atoms with E-state index in [1.807, 2.05) is 0 Å². The molecule has 0 heterocycles. The van der Waals surface area contributed by atoms with E-state index in [4.69, 9.17) is 11.6 Å². The number of phenolic OH excluding ortho intramolecular Hbond substituents is 1. The number of halogens is 1. The zero-order valence-electron chi connectivity index (χ0n) is 8.83. The molecule has 0 bridgehead atoms. The predicted molar refractivity (Wildman–Crippen MR) is 60.5 cm³/mol. The van der Waals surface area contributed by atoms with E-state index in [-0.39, 0.29) is 11.7 Å². The minimum absolute atomic E-state index is 0.133. The molecule has 1 rings (SSSR count). The van der Waals surface area contributed by atoms with Crippen LogP contribution in [0.3, 0.4) is 0 Å². The van der Waals surface area contributed by atoms with Gasteiger partial charge in [-0.2, -0.15) is 0 Å². The van der Waals surface area contributed by atoms with Gasteiger partial charge in [-0.3, -0.25) is 4.79 Å². The molecule has 0 spiro atoms. The fourth-order valence-corrected chi connectivity index (χ4v) is 1.44. The lowest BCUT2D eigenvalue weighted by molar-refractivity contribution is 0.0803. The van der Waals surface area contributed by atoms with Gasteiger partial charge in [0.1, 0.15) is 5.75 Å². The molecular formula is C11H14ClNO2. The summed E-state index contributed by atoms with van der Waals surface area (Å²) in [5.74, 6) is 0.408. The van der Waals surface area contributed by atoms with E-state index in [2.05, 4.69) is 0 Å². The highest BCUT2D eigenvalue weighted by Crippen LogP contribution is 2.18. The maximum atomic E-state index is 11.8. The molecule has 0 saturated heterocycles. The molecule has 1 N–H and O–H groups in total. The Morgan fingerprint density at radius 3 is 2.73 bits per heavy atom. The van der Waals surface area contributed by atoms with Crippen LogP contribution in [0.5, 0.6) is 5.75 Å². The van der Waals surface area contributed by atoms with Crippen molar-refractivity contribution in [3.63, 3.8) is 0 Å². The van der Waals surface area contributed by atoms with Gasteiger partial charge in [0.15, 0.2) is 0 Å². The maximum Gasteiger partial charge on any atom is 0.253 e. The van der Waals surface area contributed by atoms with Crippen LogP contribution in [0, 0.1) is 6.92 Å². The van der Waals surface area contributed by atoms with Gasteiger partial charge in [-0.1, -0.05) is 6.07 Å². The lowest BCUT2D eigenvalue weighted by Gasteiger charge is -2.15. The lowest BCUT2D eigenvalue weighted by Crippen LogP contribution is -2.28. The summed E-state index contributed by atoms with van der Waals surface area (Å²) < 4.78 is 0. The van der Waals surface area contributed by atoms with Crippen LogP contribution < -0.4 is 0 Å². The topological polar surface area (TPSA) is 40.5 Å². The standard InChI is InChI=1S/C11H14ClNO2/c1-8-3-4-9(7-10(8)14)11(15)13(2)6-5-12/h3-4,7,14H,5-6H2,1-2H3. The number of nitrogens with zero attached hydrogens (tertiary/aromatic N) is 1. The molecule has 0 saturated carbocycles. The van der Waals surface area contributed by atoms with Gasteiger partial charge in [-0.25, -0.2) is 0 Å². The van der Waals surface area contributed by atoms with Crippen molar-refractivity contribution in [2.45, 2.75) is 6.92 Å². The van der Waals surface area contributed by atoms with Crippen LogP contribution >= 0.6 is 11.6 Å². The SMILES string of the molecule is Cc1ccc(C(=O)N(C)CCCl)cc1O. The van der Waals surface area contributed by atoms with Crippen molar-refractivity contribution in [2.24, 2.45) is 0 Å². The molecule has 0 unspecified atom stereocenters. The highest BCUT2D eigenvalue weighted by Gasteiger charge is 2.11. The third-order valence-corrected chi connectivity index (χ3v) is 2.39. The third-order valence-electron chi connectivity index (χ3n) is 2.22. The average molecular weight is 228 g/mol. The zero-order chi connectivity index (χ0) is 11.4. The highest BCUT2D eigenvalue weighted by atomic mass is 35.5. The summed E-state index contributed by atoms with van der Waals surface area (Å²) in [5.41, 5.74) is 1.23. The Labute approximate surface area is 94.3 Å². The Balaban J connectivity index is 2.87. The number of rotatable bonds is 3. The van der Waals surface area contributed by atoms with Gasteiger partial charge < -0.3 is 10.0 Å². The minimum Gasteiger partial charge on any atom is -0.508 e. The van der Waals surface area contributed by atoms with E-state index in [0.29, 0.717) is 18.0 Å². The second-order valence-electron chi connectivity index (χ2n) is 3.42.